The van der Waals surface area contributed by atoms with Crippen molar-refractivity contribution in [1.82, 2.24) is 4.57 Å². The van der Waals surface area contributed by atoms with Crippen LogP contribution in [-0.4, -0.2) is 30.8 Å². The summed E-state index contributed by atoms with van der Waals surface area (Å²) < 4.78 is 18.8. The van der Waals surface area contributed by atoms with E-state index < -0.39 is 6.04 Å². The molecule has 1 aliphatic rings. The topological polar surface area (TPSA) is 115 Å². The second kappa shape index (κ2) is 12.8. The van der Waals surface area contributed by atoms with Gasteiger partial charge in [-0.3, -0.25) is 14.2 Å². The van der Waals surface area contributed by atoms with Crippen LogP contribution in [0.25, 0.3) is 6.08 Å². The summed E-state index contributed by atoms with van der Waals surface area (Å²) in [6, 6.07) is 21.3. The number of carbonyl (C=O) groups is 1. The average Bonchev–Trinajstić information content (AvgIpc) is 3.30. The van der Waals surface area contributed by atoms with Crippen LogP contribution in [0.1, 0.15) is 36.6 Å². The minimum atomic E-state index is -0.739. The van der Waals surface area contributed by atoms with Gasteiger partial charge in [0.25, 0.3) is 11.5 Å². The Kier molecular flexibility index (Phi) is 8.74. The largest absolute Gasteiger partial charge is 0.496 e. The van der Waals surface area contributed by atoms with Crippen molar-refractivity contribution < 1.29 is 19.0 Å². The van der Waals surface area contributed by atoms with E-state index in [2.05, 4.69) is 5.32 Å². The third-order valence-electron chi connectivity index (χ3n) is 6.90. The van der Waals surface area contributed by atoms with Gasteiger partial charge in [0.15, 0.2) is 22.9 Å². The van der Waals surface area contributed by atoms with Gasteiger partial charge in [-0.15, -0.1) is 0 Å². The zero-order valence-corrected chi connectivity index (χ0v) is 25.0. The summed E-state index contributed by atoms with van der Waals surface area (Å²) >= 11 is 1.24. The quantitative estimate of drug-likeness (QED) is 0.305. The normalized spacial score (nSPS) is 14.4. The number of anilines is 1. The van der Waals surface area contributed by atoms with E-state index in [4.69, 9.17) is 24.5 Å². The van der Waals surface area contributed by atoms with Gasteiger partial charge in [-0.25, -0.2) is 4.99 Å². The van der Waals surface area contributed by atoms with Gasteiger partial charge in [-0.1, -0.05) is 47.7 Å². The van der Waals surface area contributed by atoms with Crippen molar-refractivity contribution in [3.63, 3.8) is 0 Å². The van der Waals surface area contributed by atoms with Crippen molar-refractivity contribution in [3.05, 3.63) is 114 Å². The fraction of sp³-hybridized carbons (Fsp3) is 0.212. The Hall–Kier alpha value is -5.14. The number of aryl methyl sites for hydroxylation is 1. The Bertz CT molecular complexity index is 1940. The number of hydrogen-bond acceptors (Lipinski definition) is 8. The lowest BCUT2D eigenvalue weighted by atomic mass is 9.94. The molecule has 5 rings (SSSR count). The van der Waals surface area contributed by atoms with Crippen LogP contribution in [0, 0.1) is 18.3 Å². The zero-order chi connectivity index (χ0) is 30.5. The minimum absolute atomic E-state index is 0.110. The monoisotopic (exact) mass is 594 g/mol. The number of aromatic nitrogens is 1. The predicted molar refractivity (Wildman–Crippen MR) is 165 cm³/mol. The summed E-state index contributed by atoms with van der Waals surface area (Å²) in [5.41, 5.74) is 3.60. The zero-order valence-electron chi connectivity index (χ0n) is 24.2. The molecule has 0 unspecified atom stereocenters. The molecule has 9 nitrogen and oxygen atoms in total. The number of nitrogens with one attached hydrogen (secondary N) is 1. The Morgan fingerprint density at radius 1 is 1.07 bits per heavy atom. The molecule has 0 bridgehead atoms. The van der Waals surface area contributed by atoms with Crippen molar-refractivity contribution >= 4 is 29.0 Å². The number of nitriles is 1. The molecule has 2 heterocycles. The highest BCUT2D eigenvalue weighted by atomic mass is 32.1. The number of methoxy groups -OCH3 is 1. The third kappa shape index (κ3) is 6.08. The molecule has 0 radical (unpaired) electrons. The lowest BCUT2D eigenvalue weighted by molar-refractivity contribution is -0.113. The van der Waals surface area contributed by atoms with Gasteiger partial charge in [0, 0.05) is 5.69 Å². The first-order valence-electron chi connectivity index (χ1n) is 13.6. The first-order valence-corrected chi connectivity index (χ1v) is 14.5. The number of ether oxygens (including phenoxy) is 3. The van der Waals surface area contributed by atoms with Crippen LogP contribution in [-0.2, 0) is 4.79 Å². The van der Waals surface area contributed by atoms with Gasteiger partial charge in [0.1, 0.15) is 11.8 Å². The van der Waals surface area contributed by atoms with Crippen LogP contribution in [0.4, 0.5) is 5.69 Å². The number of rotatable bonds is 9. The Morgan fingerprint density at radius 3 is 2.58 bits per heavy atom. The fourth-order valence-corrected chi connectivity index (χ4v) is 5.96. The summed E-state index contributed by atoms with van der Waals surface area (Å²) in [6.07, 6.45) is 1.76. The number of allylic oxidation sites excluding steroid dienone is 1. The van der Waals surface area contributed by atoms with E-state index >= 15 is 0 Å². The van der Waals surface area contributed by atoms with Gasteiger partial charge in [-0.2, -0.15) is 5.26 Å². The highest BCUT2D eigenvalue weighted by Crippen LogP contribution is 2.34. The first kappa shape index (κ1) is 29.4. The SMILES string of the molecule is CCOc1cc(/C=c2\sc3n(c2=O)[C@H](c2ccc(C)c(OC)c2)C(C(=O)Nc2ccccc2)=C(C)N=3)ccc1OCC#N. The number of benzene rings is 3. The van der Waals surface area contributed by atoms with E-state index in [9.17, 15) is 9.59 Å². The average molecular weight is 595 g/mol. The summed E-state index contributed by atoms with van der Waals surface area (Å²) in [5.74, 6) is 1.22. The molecule has 0 spiro atoms. The summed E-state index contributed by atoms with van der Waals surface area (Å²) in [6.45, 7) is 5.87. The molecule has 3 aromatic carbocycles. The van der Waals surface area contributed by atoms with E-state index in [-0.39, 0.29) is 18.1 Å². The number of hydrogen-bond donors (Lipinski definition) is 1. The van der Waals surface area contributed by atoms with Gasteiger partial charge in [-0.05, 0) is 73.9 Å². The van der Waals surface area contributed by atoms with E-state index in [0.29, 0.717) is 55.7 Å². The molecular weight excluding hydrogens is 564 g/mol. The number of para-hydroxylation sites is 1. The van der Waals surface area contributed by atoms with Crippen molar-refractivity contribution in [2.45, 2.75) is 26.8 Å². The number of thiazole rings is 1. The summed E-state index contributed by atoms with van der Waals surface area (Å²) in [4.78, 5) is 33.1. The summed E-state index contributed by atoms with van der Waals surface area (Å²) in [5, 5.41) is 11.9. The molecule has 218 valence electrons. The van der Waals surface area contributed by atoms with Crippen LogP contribution in [0.3, 0.4) is 0 Å². The van der Waals surface area contributed by atoms with Crippen LogP contribution >= 0.6 is 11.3 Å². The molecular formula is C33H30N4O5S. The van der Waals surface area contributed by atoms with Crippen LogP contribution in [0.2, 0.25) is 0 Å². The molecule has 10 heteroatoms. The fourth-order valence-electron chi connectivity index (χ4n) is 4.92. The smallest absolute Gasteiger partial charge is 0.271 e. The lowest BCUT2D eigenvalue weighted by Gasteiger charge is -2.26. The van der Waals surface area contributed by atoms with Gasteiger partial charge >= 0.3 is 0 Å². The highest BCUT2D eigenvalue weighted by molar-refractivity contribution is 7.07. The van der Waals surface area contributed by atoms with Crippen molar-refractivity contribution in [3.8, 4) is 23.3 Å². The van der Waals surface area contributed by atoms with E-state index in [0.717, 1.165) is 11.1 Å². The van der Waals surface area contributed by atoms with Gasteiger partial charge in [0.05, 0.1) is 35.6 Å². The number of nitrogens with zero attached hydrogens (tertiary/aromatic N) is 3. The molecule has 43 heavy (non-hydrogen) atoms. The van der Waals surface area contributed by atoms with Crippen LogP contribution in [0.5, 0.6) is 17.2 Å². The third-order valence-corrected chi connectivity index (χ3v) is 7.89. The molecule has 1 amide bonds. The van der Waals surface area contributed by atoms with Crippen molar-refractivity contribution in [2.75, 3.05) is 25.6 Å². The molecule has 1 atom stereocenters. The maximum atomic E-state index is 14.1. The maximum absolute atomic E-state index is 14.1. The molecule has 1 aliphatic heterocycles. The number of amides is 1. The lowest BCUT2D eigenvalue weighted by Crippen LogP contribution is -2.40. The van der Waals surface area contributed by atoms with Gasteiger partial charge < -0.3 is 19.5 Å². The van der Waals surface area contributed by atoms with E-state index in [1.807, 2.05) is 56.3 Å². The van der Waals surface area contributed by atoms with E-state index in [1.54, 1.807) is 55.0 Å². The van der Waals surface area contributed by atoms with Crippen LogP contribution < -0.4 is 34.4 Å². The van der Waals surface area contributed by atoms with E-state index in [1.165, 1.54) is 11.3 Å². The standard InChI is InChI=1S/C33H30N4O5S/c1-5-41-27-17-22(12-14-25(27)42-16-15-34)18-28-32(39)37-30(23-13-11-20(2)26(19-23)40-4)29(21(3)35-33(37)43-28)31(38)36-24-9-7-6-8-10-24/h6-14,17-19,30H,5,16H2,1-4H3,(H,36,38)/b28-18-/t30-/m1/s1. The number of carbonyl (C=O) groups excluding carboxylic acids is 1. The minimum Gasteiger partial charge on any atom is -0.496 e. The highest BCUT2D eigenvalue weighted by Gasteiger charge is 2.33. The second-order valence-electron chi connectivity index (χ2n) is 9.72. The summed E-state index contributed by atoms with van der Waals surface area (Å²) in [7, 11) is 1.59. The Labute approximate surface area is 252 Å². The molecule has 1 N–H and O–H groups in total. The molecule has 1 aromatic heterocycles. The number of fused-ring (bicyclic) bond motifs is 1. The maximum Gasteiger partial charge on any atom is 0.271 e. The first-order chi connectivity index (χ1) is 20.8. The molecule has 0 saturated carbocycles. The molecule has 0 fully saturated rings. The van der Waals surface area contributed by atoms with Crippen LogP contribution in [0.15, 0.2) is 87.8 Å². The molecule has 0 saturated heterocycles. The molecule has 0 aliphatic carbocycles. The Morgan fingerprint density at radius 2 is 1.86 bits per heavy atom. The second-order valence-corrected chi connectivity index (χ2v) is 10.7. The van der Waals surface area contributed by atoms with Gasteiger partial charge in [0.2, 0.25) is 0 Å². The van der Waals surface area contributed by atoms with Crippen molar-refractivity contribution in [1.29, 1.82) is 5.26 Å². The Balaban J connectivity index is 1.65. The van der Waals surface area contributed by atoms with Crippen molar-refractivity contribution in [2.24, 2.45) is 4.99 Å². The predicted octanol–water partition coefficient (Wildman–Crippen LogP) is 4.49. The molecule has 4 aromatic rings.